The van der Waals surface area contributed by atoms with Crippen molar-refractivity contribution in [2.24, 2.45) is 5.73 Å². The van der Waals surface area contributed by atoms with Gasteiger partial charge in [-0.1, -0.05) is 30.3 Å². The number of hydrogen-bond acceptors (Lipinski definition) is 2. The van der Waals surface area contributed by atoms with E-state index < -0.39 is 5.91 Å². The zero-order valence-corrected chi connectivity index (χ0v) is 10.6. The molecule has 3 rings (SSSR count). The van der Waals surface area contributed by atoms with Gasteiger partial charge in [0.1, 0.15) is 0 Å². The highest BCUT2D eigenvalue weighted by molar-refractivity contribution is 5.97. The van der Waals surface area contributed by atoms with Crippen molar-refractivity contribution in [3.05, 3.63) is 76.6 Å². The third-order valence-corrected chi connectivity index (χ3v) is 3.21. The van der Waals surface area contributed by atoms with Gasteiger partial charge in [0.05, 0.1) is 16.8 Å². The Morgan fingerprint density at radius 3 is 2.40 bits per heavy atom. The number of carbonyl (C=O) groups is 1. The van der Waals surface area contributed by atoms with Gasteiger partial charge in [0.25, 0.3) is 11.5 Å². The third-order valence-electron chi connectivity index (χ3n) is 3.21. The molecule has 98 valence electrons. The molecule has 1 amide bonds. The van der Waals surface area contributed by atoms with E-state index in [0.29, 0.717) is 11.3 Å². The minimum Gasteiger partial charge on any atom is -0.366 e. The molecule has 4 heteroatoms. The van der Waals surface area contributed by atoms with Gasteiger partial charge in [-0.3, -0.25) is 14.2 Å². The maximum absolute atomic E-state index is 12.2. The van der Waals surface area contributed by atoms with Crippen molar-refractivity contribution in [3.63, 3.8) is 0 Å². The molecule has 0 fully saturated rings. The molecule has 0 bridgehead atoms. The molecule has 2 N–H and O–H groups in total. The first kappa shape index (κ1) is 12.2. The molecule has 0 spiro atoms. The Morgan fingerprint density at radius 2 is 1.60 bits per heavy atom. The van der Waals surface area contributed by atoms with Crippen molar-refractivity contribution in [1.29, 1.82) is 0 Å². The summed E-state index contributed by atoms with van der Waals surface area (Å²) in [7, 11) is 0. The van der Waals surface area contributed by atoms with Crippen LogP contribution in [0.15, 0.2) is 65.5 Å². The Morgan fingerprint density at radius 1 is 0.900 bits per heavy atom. The number of aromatic nitrogens is 1. The standard InChI is InChI=1S/C16H12N2O2/c17-16(20)12-6-2-4-8-14(12)18-13-7-3-1-5-11(13)9-10-15(18)19/h1-10H,(H2,17,20). The molecule has 20 heavy (non-hydrogen) atoms. The number of pyridine rings is 1. The molecule has 0 unspecified atom stereocenters. The van der Waals surface area contributed by atoms with Crippen LogP contribution in [0.1, 0.15) is 10.4 Å². The Hall–Kier alpha value is -2.88. The van der Waals surface area contributed by atoms with Gasteiger partial charge in [0, 0.05) is 6.07 Å². The summed E-state index contributed by atoms with van der Waals surface area (Å²) in [4.78, 5) is 23.8. The summed E-state index contributed by atoms with van der Waals surface area (Å²) in [5, 5.41) is 0.923. The predicted molar refractivity (Wildman–Crippen MR) is 78.1 cm³/mol. The fourth-order valence-electron chi connectivity index (χ4n) is 2.31. The average Bonchev–Trinajstić information content (AvgIpc) is 2.47. The lowest BCUT2D eigenvalue weighted by Gasteiger charge is -2.12. The normalized spacial score (nSPS) is 10.6. The maximum atomic E-state index is 12.2. The SMILES string of the molecule is NC(=O)c1ccccc1-n1c(=O)ccc2ccccc21. The van der Waals surface area contributed by atoms with Gasteiger partial charge in [-0.2, -0.15) is 0 Å². The van der Waals surface area contributed by atoms with Gasteiger partial charge >= 0.3 is 0 Å². The zero-order valence-electron chi connectivity index (χ0n) is 10.6. The van der Waals surface area contributed by atoms with Gasteiger partial charge in [0.2, 0.25) is 0 Å². The molecule has 0 saturated carbocycles. The summed E-state index contributed by atoms with van der Waals surface area (Å²) in [5.41, 5.74) is 6.77. The number of primary amides is 1. The van der Waals surface area contributed by atoms with Crippen LogP contribution >= 0.6 is 0 Å². The van der Waals surface area contributed by atoms with Crippen molar-refractivity contribution in [2.45, 2.75) is 0 Å². The zero-order chi connectivity index (χ0) is 14.1. The minimum atomic E-state index is -0.555. The Balaban J connectivity index is 2.44. The van der Waals surface area contributed by atoms with Gasteiger partial charge in [-0.05, 0) is 29.7 Å². The maximum Gasteiger partial charge on any atom is 0.255 e. The van der Waals surface area contributed by atoms with Crippen LogP contribution in [-0.2, 0) is 0 Å². The lowest BCUT2D eigenvalue weighted by Crippen LogP contribution is -2.22. The third kappa shape index (κ3) is 1.87. The van der Waals surface area contributed by atoms with Gasteiger partial charge < -0.3 is 5.73 Å². The van der Waals surface area contributed by atoms with E-state index in [1.165, 1.54) is 10.6 Å². The van der Waals surface area contributed by atoms with Crippen molar-refractivity contribution < 1.29 is 4.79 Å². The summed E-state index contributed by atoms with van der Waals surface area (Å²) in [6, 6.07) is 17.6. The highest BCUT2D eigenvalue weighted by Crippen LogP contribution is 2.18. The molecular weight excluding hydrogens is 252 g/mol. The van der Waals surface area contributed by atoms with E-state index in [1.54, 1.807) is 30.3 Å². The number of carbonyl (C=O) groups excluding carboxylic acids is 1. The summed E-state index contributed by atoms with van der Waals surface area (Å²) in [6.45, 7) is 0. The fraction of sp³-hybridized carbons (Fsp3) is 0. The molecule has 0 radical (unpaired) electrons. The van der Waals surface area contributed by atoms with E-state index in [2.05, 4.69) is 0 Å². The van der Waals surface area contributed by atoms with E-state index in [1.807, 2.05) is 24.3 Å². The van der Waals surface area contributed by atoms with Crippen LogP contribution in [0.3, 0.4) is 0 Å². The van der Waals surface area contributed by atoms with Crippen LogP contribution in [0.5, 0.6) is 0 Å². The first-order chi connectivity index (χ1) is 9.68. The molecule has 0 aliphatic rings. The number of amides is 1. The highest BCUT2D eigenvalue weighted by Gasteiger charge is 2.12. The van der Waals surface area contributed by atoms with Crippen LogP contribution in [-0.4, -0.2) is 10.5 Å². The second-order valence-electron chi connectivity index (χ2n) is 4.45. The number of benzene rings is 2. The van der Waals surface area contributed by atoms with Gasteiger partial charge in [0.15, 0.2) is 0 Å². The monoisotopic (exact) mass is 264 g/mol. The number of nitrogens with two attached hydrogens (primary N) is 1. The highest BCUT2D eigenvalue weighted by atomic mass is 16.1. The quantitative estimate of drug-likeness (QED) is 0.770. The number of fused-ring (bicyclic) bond motifs is 1. The Bertz CT molecular complexity index is 865. The average molecular weight is 264 g/mol. The van der Waals surface area contributed by atoms with Crippen molar-refractivity contribution >= 4 is 16.8 Å². The van der Waals surface area contributed by atoms with Crippen LogP contribution in [0.4, 0.5) is 0 Å². The smallest absolute Gasteiger partial charge is 0.255 e. The topological polar surface area (TPSA) is 65.1 Å². The van der Waals surface area contributed by atoms with Gasteiger partial charge in [-0.25, -0.2) is 0 Å². The van der Waals surface area contributed by atoms with Crippen LogP contribution < -0.4 is 11.3 Å². The van der Waals surface area contributed by atoms with Crippen molar-refractivity contribution in [3.8, 4) is 5.69 Å². The number of nitrogens with zero attached hydrogens (tertiary/aromatic N) is 1. The number of rotatable bonds is 2. The first-order valence-electron chi connectivity index (χ1n) is 6.18. The number of para-hydroxylation sites is 2. The Kier molecular flexibility index (Phi) is 2.84. The largest absolute Gasteiger partial charge is 0.366 e. The van der Waals surface area contributed by atoms with Crippen LogP contribution in [0.2, 0.25) is 0 Å². The van der Waals surface area contributed by atoms with E-state index in [4.69, 9.17) is 5.73 Å². The summed E-state index contributed by atoms with van der Waals surface area (Å²) >= 11 is 0. The minimum absolute atomic E-state index is 0.197. The second kappa shape index (κ2) is 4.66. The van der Waals surface area contributed by atoms with Crippen molar-refractivity contribution in [2.75, 3.05) is 0 Å². The van der Waals surface area contributed by atoms with Crippen LogP contribution in [0, 0.1) is 0 Å². The molecule has 0 atom stereocenters. The molecule has 1 aromatic heterocycles. The fourth-order valence-corrected chi connectivity index (χ4v) is 2.31. The molecular formula is C16H12N2O2. The number of hydrogen-bond donors (Lipinski definition) is 1. The van der Waals surface area contributed by atoms with Crippen molar-refractivity contribution in [1.82, 2.24) is 4.57 Å². The Labute approximate surface area is 115 Å². The van der Waals surface area contributed by atoms with Gasteiger partial charge in [-0.15, -0.1) is 0 Å². The molecule has 4 nitrogen and oxygen atoms in total. The molecule has 0 aliphatic heterocycles. The summed E-state index contributed by atoms with van der Waals surface area (Å²) < 4.78 is 1.51. The lowest BCUT2D eigenvalue weighted by molar-refractivity contribution is 0.100. The summed E-state index contributed by atoms with van der Waals surface area (Å²) in [5.74, 6) is -0.555. The van der Waals surface area contributed by atoms with E-state index in [0.717, 1.165) is 10.9 Å². The van der Waals surface area contributed by atoms with E-state index >= 15 is 0 Å². The molecule has 3 aromatic rings. The van der Waals surface area contributed by atoms with Crippen LogP contribution in [0.25, 0.3) is 16.6 Å². The van der Waals surface area contributed by atoms with E-state index in [-0.39, 0.29) is 5.56 Å². The molecule has 0 aliphatic carbocycles. The molecule has 0 saturated heterocycles. The lowest BCUT2D eigenvalue weighted by atomic mass is 10.1. The second-order valence-corrected chi connectivity index (χ2v) is 4.45. The molecule has 2 aromatic carbocycles. The molecule has 1 heterocycles. The predicted octanol–water partition coefficient (Wildman–Crippen LogP) is 2.09. The van der Waals surface area contributed by atoms with E-state index in [9.17, 15) is 9.59 Å². The first-order valence-corrected chi connectivity index (χ1v) is 6.18. The summed E-state index contributed by atoms with van der Waals surface area (Å²) in [6.07, 6.45) is 0.